The summed E-state index contributed by atoms with van der Waals surface area (Å²) in [5.74, 6) is -0.574. The summed E-state index contributed by atoms with van der Waals surface area (Å²) in [7, 11) is 1.59. The van der Waals surface area contributed by atoms with E-state index in [4.69, 9.17) is 9.47 Å². The third-order valence-electron chi connectivity index (χ3n) is 3.17. The van der Waals surface area contributed by atoms with Gasteiger partial charge in [0.25, 0.3) is 11.5 Å². The van der Waals surface area contributed by atoms with Gasteiger partial charge < -0.3 is 14.8 Å². The number of para-hydroxylation sites is 1. The molecule has 0 saturated heterocycles. The number of fused-ring (bicyclic) bond motifs is 1. The number of rotatable bonds is 8. The lowest BCUT2D eigenvalue weighted by Gasteiger charge is -2.09. The standard InChI is InChI=1S/C16H20N4O4/c1-3-24-11-18-20-14(15(21)17-9-6-10-23-2)19-13-8-5-4-7-12(13)16(20)22/h4-5,7-8,11H,3,6,9-10H2,1-2H3,(H,17,21)/b18-11-. The van der Waals surface area contributed by atoms with E-state index in [-0.39, 0.29) is 5.82 Å². The van der Waals surface area contributed by atoms with Gasteiger partial charge in [0, 0.05) is 20.3 Å². The van der Waals surface area contributed by atoms with Crippen LogP contribution in [0.1, 0.15) is 24.0 Å². The van der Waals surface area contributed by atoms with Gasteiger partial charge in [0.2, 0.25) is 5.82 Å². The Bertz CT molecular complexity index is 785. The predicted molar refractivity (Wildman–Crippen MR) is 90.3 cm³/mol. The largest absolute Gasteiger partial charge is 0.482 e. The minimum absolute atomic E-state index is 0.0907. The zero-order chi connectivity index (χ0) is 17.4. The van der Waals surface area contributed by atoms with Crippen LogP contribution in [-0.4, -0.2) is 48.8 Å². The van der Waals surface area contributed by atoms with Crippen molar-refractivity contribution in [3.63, 3.8) is 0 Å². The van der Waals surface area contributed by atoms with Crippen molar-refractivity contribution >= 4 is 23.2 Å². The van der Waals surface area contributed by atoms with Gasteiger partial charge in [-0.25, -0.2) is 4.98 Å². The lowest BCUT2D eigenvalue weighted by molar-refractivity contribution is 0.0933. The minimum Gasteiger partial charge on any atom is -0.482 e. The molecular weight excluding hydrogens is 312 g/mol. The third kappa shape index (κ3) is 4.17. The zero-order valence-electron chi connectivity index (χ0n) is 13.7. The van der Waals surface area contributed by atoms with Crippen LogP contribution in [0, 0.1) is 0 Å². The van der Waals surface area contributed by atoms with Crippen LogP contribution in [0.25, 0.3) is 10.9 Å². The topological polar surface area (TPSA) is 94.8 Å². The number of ether oxygens (including phenoxy) is 2. The molecule has 8 heteroatoms. The Morgan fingerprint density at radius 2 is 2.21 bits per heavy atom. The fourth-order valence-corrected chi connectivity index (χ4v) is 2.03. The molecule has 0 spiro atoms. The highest BCUT2D eigenvalue weighted by molar-refractivity contribution is 5.93. The Morgan fingerprint density at radius 3 is 2.96 bits per heavy atom. The summed E-state index contributed by atoms with van der Waals surface area (Å²) in [5, 5.41) is 7.00. The second kappa shape index (κ2) is 8.78. The van der Waals surface area contributed by atoms with E-state index in [9.17, 15) is 9.59 Å². The second-order valence-corrected chi connectivity index (χ2v) is 4.85. The number of hydrogen-bond donors (Lipinski definition) is 1. The van der Waals surface area contributed by atoms with E-state index in [1.165, 1.54) is 0 Å². The number of aromatic nitrogens is 2. The second-order valence-electron chi connectivity index (χ2n) is 4.85. The first-order valence-electron chi connectivity index (χ1n) is 7.62. The summed E-state index contributed by atoms with van der Waals surface area (Å²) < 4.78 is 10.9. The summed E-state index contributed by atoms with van der Waals surface area (Å²) in [6.45, 7) is 3.12. The molecule has 0 fully saturated rings. The quantitative estimate of drug-likeness (QED) is 0.442. The molecule has 0 unspecified atom stereocenters. The first-order chi connectivity index (χ1) is 11.7. The molecule has 0 radical (unpaired) electrons. The first kappa shape index (κ1) is 17.6. The molecule has 8 nitrogen and oxygen atoms in total. The normalized spacial score (nSPS) is 11.1. The van der Waals surface area contributed by atoms with Crippen LogP contribution in [0.2, 0.25) is 0 Å². The first-order valence-corrected chi connectivity index (χ1v) is 7.62. The number of hydrogen-bond acceptors (Lipinski definition) is 6. The van der Waals surface area contributed by atoms with Gasteiger partial charge in [0.05, 0.1) is 17.5 Å². The van der Waals surface area contributed by atoms with Crippen LogP contribution >= 0.6 is 0 Å². The number of carbonyl (C=O) groups excluding carboxylic acids is 1. The molecule has 1 aromatic heterocycles. The molecule has 1 aromatic carbocycles. The minimum atomic E-state index is -0.484. The van der Waals surface area contributed by atoms with Gasteiger partial charge in [-0.2, -0.15) is 4.68 Å². The molecule has 1 amide bonds. The molecule has 1 heterocycles. The Balaban J connectivity index is 2.39. The van der Waals surface area contributed by atoms with Gasteiger partial charge in [0.1, 0.15) is 0 Å². The van der Waals surface area contributed by atoms with Crippen LogP contribution in [0.4, 0.5) is 0 Å². The number of amides is 1. The van der Waals surface area contributed by atoms with Gasteiger partial charge in [-0.1, -0.05) is 12.1 Å². The number of carbonyl (C=O) groups is 1. The van der Waals surface area contributed by atoms with Crippen molar-refractivity contribution < 1.29 is 14.3 Å². The predicted octanol–water partition coefficient (Wildman–Crippen LogP) is 0.991. The maximum Gasteiger partial charge on any atom is 0.289 e. The highest BCUT2D eigenvalue weighted by atomic mass is 16.5. The number of nitrogens with one attached hydrogen (secondary N) is 1. The van der Waals surface area contributed by atoms with E-state index in [2.05, 4.69) is 15.4 Å². The average Bonchev–Trinajstić information content (AvgIpc) is 2.60. The van der Waals surface area contributed by atoms with E-state index in [1.807, 2.05) is 0 Å². The van der Waals surface area contributed by atoms with Crippen molar-refractivity contribution in [2.75, 3.05) is 26.9 Å². The fraction of sp³-hybridized carbons (Fsp3) is 0.375. The van der Waals surface area contributed by atoms with Gasteiger partial charge in [-0.3, -0.25) is 9.59 Å². The third-order valence-corrected chi connectivity index (χ3v) is 3.17. The molecule has 0 aliphatic rings. The summed E-state index contributed by atoms with van der Waals surface area (Å²) in [6, 6.07) is 6.79. The van der Waals surface area contributed by atoms with Crippen molar-refractivity contribution in [1.29, 1.82) is 0 Å². The van der Waals surface area contributed by atoms with Gasteiger partial charge >= 0.3 is 0 Å². The lowest BCUT2D eigenvalue weighted by Crippen LogP contribution is -2.33. The average molecular weight is 332 g/mol. The molecule has 24 heavy (non-hydrogen) atoms. The Labute approximate surface area is 139 Å². The van der Waals surface area contributed by atoms with Crippen LogP contribution in [0.5, 0.6) is 0 Å². The molecule has 128 valence electrons. The van der Waals surface area contributed by atoms with E-state index in [1.54, 1.807) is 38.3 Å². The molecule has 0 aliphatic heterocycles. The Kier molecular flexibility index (Phi) is 6.44. The van der Waals surface area contributed by atoms with Crippen molar-refractivity contribution in [3.05, 3.63) is 40.4 Å². The SMILES string of the molecule is CCO/C=N\n1c(C(=O)NCCCOC)nc2ccccc2c1=O. The van der Waals surface area contributed by atoms with E-state index in [0.29, 0.717) is 37.1 Å². The highest BCUT2D eigenvalue weighted by Gasteiger charge is 2.16. The number of methoxy groups -OCH3 is 1. The highest BCUT2D eigenvalue weighted by Crippen LogP contribution is 2.08. The molecule has 0 bridgehead atoms. The molecule has 1 N–H and O–H groups in total. The van der Waals surface area contributed by atoms with E-state index < -0.39 is 11.5 Å². The van der Waals surface area contributed by atoms with E-state index >= 15 is 0 Å². The molecule has 0 aliphatic carbocycles. The number of nitrogens with zero attached hydrogens (tertiary/aromatic N) is 3. The summed E-state index contributed by atoms with van der Waals surface area (Å²) in [5.41, 5.74) is 0.00555. The van der Waals surface area contributed by atoms with Crippen LogP contribution in [-0.2, 0) is 9.47 Å². The number of benzene rings is 1. The molecule has 0 atom stereocenters. The van der Waals surface area contributed by atoms with Crippen LogP contribution in [0.15, 0.2) is 34.2 Å². The van der Waals surface area contributed by atoms with Gasteiger partial charge in [0.15, 0.2) is 6.40 Å². The molecule has 2 rings (SSSR count). The van der Waals surface area contributed by atoms with Crippen molar-refractivity contribution in [2.45, 2.75) is 13.3 Å². The Morgan fingerprint density at radius 1 is 1.42 bits per heavy atom. The molecular formula is C16H20N4O4. The Hall–Kier alpha value is -2.74. The summed E-state index contributed by atoms with van der Waals surface area (Å²) >= 11 is 0. The van der Waals surface area contributed by atoms with Gasteiger partial charge in [-0.05, 0) is 25.5 Å². The van der Waals surface area contributed by atoms with Gasteiger partial charge in [-0.15, -0.1) is 5.10 Å². The van der Waals surface area contributed by atoms with Crippen LogP contribution in [0.3, 0.4) is 0 Å². The summed E-state index contributed by atoms with van der Waals surface area (Å²) in [4.78, 5) is 29.2. The molecule has 0 saturated carbocycles. The van der Waals surface area contributed by atoms with Crippen molar-refractivity contribution in [3.8, 4) is 0 Å². The smallest absolute Gasteiger partial charge is 0.289 e. The van der Waals surface area contributed by atoms with Crippen LogP contribution < -0.4 is 10.9 Å². The maximum atomic E-state index is 12.6. The summed E-state index contributed by atoms with van der Waals surface area (Å²) in [6.07, 6.45) is 1.78. The lowest BCUT2D eigenvalue weighted by atomic mass is 10.2. The van der Waals surface area contributed by atoms with Crippen molar-refractivity contribution in [2.24, 2.45) is 5.10 Å². The zero-order valence-corrected chi connectivity index (χ0v) is 13.7. The fourth-order valence-electron chi connectivity index (χ4n) is 2.03. The maximum absolute atomic E-state index is 12.6. The monoisotopic (exact) mass is 332 g/mol. The molecule has 2 aromatic rings. The van der Waals surface area contributed by atoms with E-state index in [0.717, 1.165) is 11.1 Å². The van der Waals surface area contributed by atoms with Crippen molar-refractivity contribution in [1.82, 2.24) is 15.0 Å².